The molecule has 2 amide bonds. The van der Waals surface area contributed by atoms with Crippen LogP contribution in [0.4, 0.5) is 15.0 Å². The number of halogens is 1. The van der Waals surface area contributed by atoms with E-state index in [1.807, 2.05) is 6.92 Å². The summed E-state index contributed by atoms with van der Waals surface area (Å²) in [6.07, 6.45) is 4.03. The molecule has 21 heavy (non-hydrogen) atoms. The summed E-state index contributed by atoms with van der Waals surface area (Å²) >= 11 is 0. The molecule has 1 aliphatic carbocycles. The van der Waals surface area contributed by atoms with Crippen LogP contribution >= 0.6 is 0 Å². The molecule has 1 fully saturated rings. The normalized spacial score (nSPS) is 15.5. The fourth-order valence-electron chi connectivity index (χ4n) is 2.23. The van der Waals surface area contributed by atoms with Crippen LogP contribution in [0.2, 0.25) is 0 Å². The average molecular weight is 288 g/mol. The van der Waals surface area contributed by atoms with E-state index in [1.165, 1.54) is 29.7 Å². The van der Waals surface area contributed by atoms with Crippen molar-refractivity contribution in [3.63, 3.8) is 0 Å². The van der Waals surface area contributed by atoms with Crippen LogP contribution in [0, 0.1) is 11.7 Å². The number of rotatable bonds is 4. The highest BCUT2D eigenvalue weighted by Crippen LogP contribution is 2.32. The van der Waals surface area contributed by atoms with Crippen molar-refractivity contribution in [2.24, 2.45) is 5.92 Å². The predicted molar refractivity (Wildman–Crippen MR) is 77.9 cm³/mol. The van der Waals surface area contributed by atoms with Gasteiger partial charge in [-0.3, -0.25) is 5.32 Å². The van der Waals surface area contributed by atoms with Crippen molar-refractivity contribution in [2.45, 2.75) is 25.8 Å². The van der Waals surface area contributed by atoms with Crippen molar-refractivity contribution in [3.05, 3.63) is 42.3 Å². The van der Waals surface area contributed by atoms with Gasteiger partial charge in [-0.15, -0.1) is 5.10 Å². The first kappa shape index (κ1) is 13.6. The Morgan fingerprint density at radius 2 is 2.24 bits per heavy atom. The maximum Gasteiger partial charge on any atom is 0.320 e. The molecule has 5 nitrogen and oxygen atoms in total. The Hall–Kier alpha value is -2.37. The van der Waals surface area contributed by atoms with Crippen LogP contribution in [0.5, 0.6) is 0 Å². The van der Waals surface area contributed by atoms with Gasteiger partial charge in [-0.1, -0.05) is 6.07 Å². The smallest absolute Gasteiger partial charge is 0.320 e. The third kappa shape index (κ3) is 3.39. The van der Waals surface area contributed by atoms with Gasteiger partial charge in [-0.2, -0.15) is 0 Å². The zero-order chi connectivity index (χ0) is 14.8. The summed E-state index contributed by atoms with van der Waals surface area (Å²) in [6, 6.07) is 7.70. The van der Waals surface area contributed by atoms with Crippen LogP contribution in [0.25, 0.3) is 5.69 Å². The van der Waals surface area contributed by atoms with Crippen molar-refractivity contribution >= 4 is 11.8 Å². The fraction of sp³-hybridized carbons (Fsp3) is 0.333. The second-order valence-electron chi connectivity index (χ2n) is 5.35. The van der Waals surface area contributed by atoms with E-state index in [2.05, 4.69) is 15.7 Å². The van der Waals surface area contributed by atoms with Gasteiger partial charge in [0.1, 0.15) is 5.82 Å². The lowest BCUT2D eigenvalue weighted by atomic mass is 10.2. The minimum Gasteiger partial charge on any atom is -0.335 e. The SMILES string of the molecule is C[C@H](NC(=O)Nc1ccn(-c2cccc(F)c2)n1)C1CC1. The van der Waals surface area contributed by atoms with Crippen LogP contribution in [0.15, 0.2) is 36.5 Å². The maximum absolute atomic E-state index is 13.2. The Labute approximate surface area is 122 Å². The van der Waals surface area contributed by atoms with Crippen molar-refractivity contribution in [1.29, 1.82) is 0 Å². The fourth-order valence-corrected chi connectivity index (χ4v) is 2.23. The lowest BCUT2D eigenvalue weighted by molar-refractivity contribution is 0.248. The number of carbonyl (C=O) groups excluding carboxylic acids is 1. The number of carbonyl (C=O) groups is 1. The molecule has 1 saturated carbocycles. The number of benzene rings is 1. The molecule has 0 saturated heterocycles. The van der Waals surface area contributed by atoms with E-state index >= 15 is 0 Å². The summed E-state index contributed by atoms with van der Waals surface area (Å²) in [4.78, 5) is 11.8. The predicted octanol–water partition coefficient (Wildman–Crippen LogP) is 2.93. The monoisotopic (exact) mass is 288 g/mol. The standard InChI is InChI=1S/C15H17FN4O/c1-10(11-5-6-11)17-15(21)18-14-7-8-20(19-14)13-4-2-3-12(16)9-13/h2-4,7-11H,5-6H2,1H3,(H2,17,18,19,21)/t10-/m0/s1. The lowest BCUT2D eigenvalue weighted by Crippen LogP contribution is -2.37. The molecular formula is C15H17FN4O. The van der Waals surface area contributed by atoms with Crippen molar-refractivity contribution in [3.8, 4) is 5.69 Å². The average Bonchev–Trinajstić information content (AvgIpc) is 3.19. The van der Waals surface area contributed by atoms with E-state index in [4.69, 9.17) is 0 Å². The molecule has 0 unspecified atom stereocenters. The molecule has 6 heteroatoms. The third-order valence-corrected chi connectivity index (χ3v) is 3.59. The zero-order valence-corrected chi connectivity index (χ0v) is 11.7. The van der Waals surface area contributed by atoms with E-state index in [9.17, 15) is 9.18 Å². The molecule has 1 aliphatic rings. The topological polar surface area (TPSA) is 59.0 Å². The van der Waals surface area contributed by atoms with Crippen LogP contribution < -0.4 is 10.6 Å². The summed E-state index contributed by atoms with van der Waals surface area (Å²) in [6.45, 7) is 2.00. The molecule has 110 valence electrons. The summed E-state index contributed by atoms with van der Waals surface area (Å²) in [5.74, 6) is 0.703. The molecule has 3 rings (SSSR count). The third-order valence-electron chi connectivity index (χ3n) is 3.59. The number of hydrogen-bond acceptors (Lipinski definition) is 2. The number of anilines is 1. The minimum absolute atomic E-state index is 0.176. The number of hydrogen-bond donors (Lipinski definition) is 2. The molecule has 1 aromatic carbocycles. The summed E-state index contributed by atoms with van der Waals surface area (Å²) in [7, 11) is 0. The molecule has 1 aromatic heterocycles. The van der Waals surface area contributed by atoms with Gasteiger partial charge >= 0.3 is 6.03 Å². The Morgan fingerprint density at radius 3 is 2.95 bits per heavy atom. The van der Waals surface area contributed by atoms with Gasteiger partial charge in [0.25, 0.3) is 0 Å². The number of aromatic nitrogens is 2. The molecule has 0 spiro atoms. The van der Waals surface area contributed by atoms with Gasteiger partial charge < -0.3 is 5.32 Å². The van der Waals surface area contributed by atoms with Crippen molar-refractivity contribution in [2.75, 3.05) is 5.32 Å². The zero-order valence-electron chi connectivity index (χ0n) is 11.7. The Morgan fingerprint density at radius 1 is 1.43 bits per heavy atom. The molecule has 2 N–H and O–H groups in total. The minimum atomic E-state index is -0.325. The Kier molecular flexibility index (Phi) is 3.60. The number of urea groups is 1. The van der Waals surface area contributed by atoms with E-state index in [0.29, 0.717) is 17.4 Å². The largest absolute Gasteiger partial charge is 0.335 e. The molecule has 1 atom stereocenters. The van der Waals surface area contributed by atoms with Crippen LogP contribution in [-0.4, -0.2) is 21.9 Å². The van der Waals surface area contributed by atoms with Crippen LogP contribution in [0.1, 0.15) is 19.8 Å². The Balaban J connectivity index is 1.63. The summed E-state index contributed by atoms with van der Waals surface area (Å²) < 4.78 is 14.7. The van der Waals surface area contributed by atoms with Crippen LogP contribution in [0.3, 0.4) is 0 Å². The first-order valence-electron chi connectivity index (χ1n) is 7.01. The lowest BCUT2D eigenvalue weighted by Gasteiger charge is -2.12. The molecule has 2 aromatic rings. The highest BCUT2D eigenvalue weighted by molar-refractivity contribution is 5.88. The second kappa shape index (κ2) is 5.55. The van der Waals surface area contributed by atoms with Gasteiger partial charge in [-0.25, -0.2) is 13.9 Å². The van der Waals surface area contributed by atoms with E-state index in [0.717, 1.165) is 0 Å². The first-order valence-corrected chi connectivity index (χ1v) is 7.01. The van der Waals surface area contributed by atoms with Gasteiger partial charge in [0.05, 0.1) is 5.69 Å². The van der Waals surface area contributed by atoms with Gasteiger partial charge in [0.15, 0.2) is 5.82 Å². The van der Waals surface area contributed by atoms with Crippen LogP contribution in [-0.2, 0) is 0 Å². The van der Waals surface area contributed by atoms with E-state index < -0.39 is 0 Å². The Bertz CT molecular complexity index is 651. The molecule has 1 heterocycles. The summed E-state index contributed by atoms with van der Waals surface area (Å²) in [5, 5.41) is 9.78. The molecular weight excluding hydrogens is 271 g/mol. The second-order valence-corrected chi connectivity index (χ2v) is 5.35. The van der Waals surface area contributed by atoms with Gasteiger partial charge in [0.2, 0.25) is 0 Å². The number of nitrogens with zero attached hydrogens (tertiary/aromatic N) is 2. The molecule has 0 bridgehead atoms. The van der Waals surface area contributed by atoms with E-state index in [1.54, 1.807) is 24.4 Å². The highest BCUT2D eigenvalue weighted by Gasteiger charge is 2.28. The first-order chi connectivity index (χ1) is 10.1. The van der Waals surface area contributed by atoms with Crippen molar-refractivity contribution in [1.82, 2.24) is 15.1 Å². The van der Waals surface area contributed by atoms with Gasteiger partial charge in [0, 0.05) is 18.3 Å². The summed E-state index contributed by atoms with van der Waals surface area (Å²) in [5.41, 5.74) is 0.606. The quantitative estimate of drug-likeness (QED) is 0.908. The van der Waals surface area contributed by atoms with Crippen molar-refractivity contribution < 1.29 is 9.18 Å². The maximum atomic E-state index is 13.2. The number of nitrogens with one attached hydrogen (secondary N) is 2. The van der Waals surface area contributed by atoms with E-state index in [-0.39, 0.29) is 17.9 Å². The molecule has 0 radical (unpaired) electrons. The van der Waals surface area contributed by atoms with Gasteiger partial charge in [-0.05, 0) is 43.9 Å². The highest BCUT2D eigenvalue weighted by atomic mass is 19.1. The molecule has 0 aliphatic heterocycles. The number of amides is 2.